The van der Waals surface area contributed by atoms with Gasteiger partial charge in [-0.25, -0.2) is 14.4 Å². The molecular weight excluding hydrogens is 394 g/mol. The van der Waals surface area contributed by atoms with Crippen LogP contribution >= 0.6 is 0 Å². The Morgan fingerprint density at radius 2 is 1.77 bits per heavy atom. The second-order valence-electron chi connectivity index (χ2n) is 7.95. The number of methoxy groups -OCH3 is 1. The van der Waals surface area contributed by atoms with Crippen molar-refractivity contribution in [2.75, 3.05) is 13.7 Å². The summed E-state index contributed by atoms with van der Waals surface area (Å²) in [5, 5.41) is 11.1. The molecule has 1 aromatic rings. The van der Waals surface area contributed by atoms with E-state index in [1.54, 1.807) is 0 Å². The van der Waals surface area contributed by atoms with Crippen LogP contribution in [0.1, 0.15) is 60.7 Å². The van der Waals surface area contributed by atoms with Crippen LogP contribution in [-0.4, -0.2) is 42.7 Å². The predicted molar refractivity (Wildman–Crippen MR) is 106 cm³/mol. The van der Waals surface area contributed by atoms with Crippen LogP contribution in [0, 0.1) is 27.9 Å². The van der Waals surface area contributed by atoms with Gasteiger partial charge in [-0.05, 0) is 36.7 Å². The zero-order valence-corrected chi connectivity index (χ0v) is 17.6. The van der Waals surface area contributed by atoms with E-state index in [0.717, 1.165) is 44.6 Å². The van der Waals surface area contributed by atoms with Crippen molar-refractivity contribution in [1.29, 1.82) is 0 Å². The molecule has 1 aliphatic rings. The fourth-order valence-electron chi connectivity index (χ4n) is 3.73. The highest BCUT2D eigenvalue weighted by Crippen LogP contribution is 2.35. The van der Waals surface area contributed by atoms with E-state index in [1.165, 1.54) is 0 Å². The monoisotopic (exact) mass is 421 g/mol. The third kappa shape index (κ3) is 6.01. The van der Waals surface area contributed by atoms with Gasteiger partial charge >= 0.3 is 17.9 Å². The SMILES string of the molecule is COC(=O)c1cc(C(=O)OCC(=O)OC2CC(C)CCC2C(C)C)cc([N+](=O)[O-])c1. The highest BCUT2D eigenvalue weighted by atomic mass is 16.6. The summed E-state index contributed by atoms with van der Waals surface area (Å²) in [6, 6.07) is 3.08. The quantitative estimate of drug-likeness (QED) is 0.283. The number of benzene rings is 1. The normalized spacial score (nSPS) is 21.0. The zero-order valence-electron chi connectivity index (χ0n) is 17.6. The van der Waals surface area contributed by atoms with Crippen molar-refractivity contribution in [1.82, 2.24) is 0 Å². The molecule has 0 aliphatic heterocycles. The Hall–Kier alpha value is -2.97. The van der Waals surface area contributed by atoms with Gasteiger partial charge in [-0.3, -0.25) is 10.1 Å². The average Bonchev–Trinajstić information content (AvgIpc) is 2.70. The smallest absolute Gasteiger partial charge is 0.344 e. The van der Waals surface area contributed by atoms with Gasteiger partial charge in [-0.2, -0.15) is 0 Å². The first-order chi connectivity index (χ1) is 14.1. The molecule has 0 bridgehead atoms. The maximum atomic E-state index is 12.3. The molecule has 0 aromatic heterocycles. The van der Waals surface area contributed by atoms with E-state index in [1.807, 2.05) is 0 Å². The minimum absolute atomic E-state index is 0.169. The van der Waals surface area contributed by atoms with Crippen LogP contribution in [0.4, 0.5) is 5.69 Å². The number of hydrogen-bond donors (Lipinski definition) is 0. The molecule has 2 rings (SSSR count). The lowest BCUT2D eigenvalue weighted by atomic mass is 9.75. The average molecular weight is 421 g/mol. The van der Waals surface area contributed by atoms with Crippen molar-refractivity contribution in [3.8, 4) is 0 Å². The van der Waals surface area contributed by atoms with E-state index in [4.69, 9.17) is 9.47 Å². The molecule has 0 N–H and O–H groups in total. The number of esters is 3. The van der Waals surface area contributed by atoms with E-state index >= 15 is 0 Å². The lowest BCUT2D eigenvalue weighted by Gasteiger charge is -2.36. The topological polar surface area (TPSA) is 122 Å². The first kappa shape index (κ1) is 23.3. The number of nitrogens with zero attached hydrogens (tertiary/aromatic N) is 1. The molecule has 0 spiro atoms. The molecule has 164 valence electrons. The zero-order chi connectivity index (χ0) is 22.4. The van der Waals surface area contributed by atoms with Gasteiger partial charge < -0.3 is 14.2 Å². The number of hydrogen-bond acceptors (Lipinski definition) is 8. The Kier molecular flexibility index (Phi) is 7.91. The Balaban J connectivity index is 2.04. The molecular formula is C21H27NO8. The molecule has 1 aromatic carbocycles. The molecule has 9 nitrogen and oxygen atoms in total. The Labute approximate surface area is 174 Å². The predicted octanol–water partition coefficient (Wildman–Crippen LogP) is 3.54. The lowest BCUT2D eigenvalue weighted by Crippen LogP contribution is -2.36. The molecule has 30 heavy (non-hydrogen) atoms. The largest absolute Gasteiger partial charge is 0.465 e. The van der Waals surface area contributed by atoms with Crippen LogP contribution in [0.15, 0.2) is 18.2 Å². The second-order valence-corrected chi connectivity index (χ2v) is 7.95. The summed E-state index contributed by atoms with van der Waals surface area (Å²) in [6.45, 7) is 5.66. The van der Waals surface area contributed by atoms with Crippen LogP contribution in [0.3, 0.4) is 0 Å². The lowest BCUT2D eigenvalue weighted by molar-refractivity contribution is -0.384. The molecule has 0 radical (unpaired) electrons. The van der Waals surface area contributed by atoms with E-state index in [9.17, 15) is 24.5 Å². The number of non-ortho nitro benzene ring substituents is 1. The third-order valence-corrected chi connectivity index (χ3v) is 5.35. The molecule has 0 saturated heterocycles. The van der Waals surface area contributed by atoms with Gasteiger partial charge in [0.2, 0.25) is 0 Å². The van der Waals surface area contributed by atoms with E-state index in [-0.39, 0.29) is 23.1 Å². The highest BCUT2D eigenvalue weighted by molar-refractivity contribution is 5.97. The maximum absolute atomic E-state index is 12.3. The van der Waals surface area contributed by atoms with Gasteiger partial charge in [-0.1, -0.05) is 27.2 Å². The van der Waals surface area contributed by atoms with Crippen LogP contribution in [-0.2, 0) is 19.0 Å². The Morgan fingerprint density at radius 1 is 1.13 bits per heavy atom. The number of rotatable bonds is 7. The summed E-state index contributed by atoms with van der Waals surface area (Å²) in [5.74, 6) is -1.43. The Morgan fingerprint density at radius 3 is 2.33 bits per heavy atom. The van der Waals surface area contributed by atoms with Crippen molar-refractivity contribution < 1.29 is 33.5 Å². The van der Waals surface area contributed by atoms with Gasteiger partial charge in [0.1, 0.15) is 6.10 Å². The summed E-state index contributed by atoms with van der Waals surface area (Å²) < 4.78 is 15.1. The van der Waals surface area contributed by atoms with Crippen molar-refractivity contribution in [3.63, 3.8) is 0 Å². The van der Waals surface area contributed by atoms with E-state index in [2.05, 4.69) is 25.5 Å². The van der Waals surface area contributed by atoms with Gasteiger partial charge in [0.05, 0.1) is 23.2 Å². The molecule has 0 heterocycles. The highest BCUT2D eigenvalue weighted by Gasteiger charge is 2.33. The molecule has 9 heteroatoms. The fraction of sp³-hybridized carbons (Fsp3) is 0.571. The fourth-order valence-corrected chi connectivity index (χ4v) is 3.73. The molecule has 1 saturated carbocycles. The standard InChI is InChI=1S/C21H27NO8/c1-12(2)17-6-5-13(3)7-18(17)30-19(23)11-29-21(25)15-8-14(20(24)28-4)9-16(10-15)22(26)27/h8-10,12-13,17-18H,5-7,11H2,1-4H3. The number of nitro benzene ring substituents is 1. The van der Waals surface area contributed by atoms with Crippen molar-refractivity contribution in [3.05, 3.63) is 39.4 Å². The van der Waals surface area contributed by atoms with Crippen LogP contribution in [0.5, 0.6) is 0 Å². The first-order valence-electron chi connectivity index (χ1n) is 9.86. The van der Waals surface area contributed by atoms with Gasteiger partial charge in [0.25, 0.3) is 5.69 Å². The van der Waals surface area contributed by atoms with Crippen LogP contribution < -0.4 is 0 Å². The summed E-state index contributed by atoms with van der Waals surface area (Å²) >= 11 is 0. The van der Waals surface area contributed by atoms with E-state index in [0.29, 0.717) is 11.8 Å². The number of carbonyl (C=O) groups excluding carboxylic acids is 3. The van der Waals surface area contributed by atoms with Crippen molar-refractivity contribution in [2.45, 2.75) is 46.1 Å². The molecule has 3 unspecified atom stereocenters. The van der Waals surface area contributed by atoms with Crippen LogP contribution in [0.25, 0.3) is 0 Å². The van der Waals surface area contributed by atoms with Gasteiger partial charge in [-0.15, -0.1) is 0 Å². The molecule has 1 fully saturated rings. The first-order valence-corrected chi connectivity index (χ1v) is 9.86. The van der Waals surface area contributed by atoms with Crippen molar-refractivity contribution in [2.24, 2.45) is 17.8 Å². The summed E-state index contributed by atoms with van der Waals surface area (Å²) in [6.07, 6.45) is 2.58. The number of carbonyl (C=O) groups is 3. The molecule has 1 aliphatic carbocycles. The number of ether oxygens (including phenoxy) is 3. The maximum Gasteiger partial charge on any atom is 0.344 e. The van der Waals surface area contributed by atoms with Crippen LogP contribution in [0.2, 0.25) is 0 Å². The molecule has 3 atom stereocenters. The minimum Gasteiger partial charge on any atom is -0.465 e. The molecule has 0 amide bonds. The summed E-state index contributed by atoms with van der Waals surface area (Å²) in [5.41, 5.74) is -0.871. The minimum atomic E-state index is -0.974. The summed E-state index contributed by atoms with van der Waals surface area (Å²) in [7, 11) is 1.12. The summed E-state index contributed by atoms with van der Waals surface area (Å²) in [4.78, 5) is 46.6. The van der Waals surface area contributed by atoms with Gasteiger partial charge in [0.15, 0.2) is 6.61 Å². The van der Waals surface area contributed by atoms with Crippen molar-refractivity contribution >= 4 is 23.6 Å². The van der Waals surface area contributed by atoms with E-state index < -0.39 is 35.1 Å². The van der Waals surface area contributed by atoms with Gasteiger partial charge in [0, 0.05) is 12.1 Å². The number of nitro groups is 1. The Bertz CT molecular complexity index is 819. The third-order valence-electron chi connectivity index (χ3n) is 5.35. The second kappa shape index (κ2) is 10.2.